The zero-order valence-electron chi connectivity index (χ0n) is 14.6. The van der Waals surface area contributed by atoms with E-state index in [9.17, 15) is 4.79 Å². The zero-order chi connectivity index (χ0) is 17.4. The second-order valence-corrected chi connectivity index (χ2v) is 7.10. The Morgan fingerprint density at radius 1 is 1.00 bits per heavy atom. The summed E-state index contributed by atoms with van der Waals surface area (Å²) in [6.45, 7) is 4.24. The largest absolute Gasteiger partial charge is 0.448 e. The van der Waals surface area contributed by atoms with Gasteiger partial charge in [0.15, 0.2) is 11.5 Å². The molecule has 1 aliphatic carbocycles. The number of esters is 1. The summed E-state index contributed by atoms with van der Waals surface area (Å²) in [7, 11) is 0. The average molecular weight is 338 g/mol. The average Bonchev–Trinajstić information content (AvgIpc) is 3.20. The van der Waals surface area contributed by atoms with Crippen molar-refractivity contribution in [1.29, 1.82) is 0 Å². The number of hydrogen-bond donors (Lipinski definition) is 0. The lowest BCUT2D eigenvalue weighted by Gasteiger charge is -2.21. The van der Waals surface area contributed by atoms with Gasteiger partial charge in [0, 0.05) is 18.9 Å². The summed E-state index contributed by atoms with van der Waals surface area (Å²) in [5.41, 5.74) is 1.73. The summed E-state index contributed by atoms with van der Waals surface area (Å²) in [5, 5.41) is 0. The molecule has 0 amide bonds. The van der Waals surface area contributed by atoms with Crippen LogP contribution in [0.25, 0.3) is 0 Å². The van der Waals surface area contributed by atoms with Gasteiger partial charge in [-0.1, -0.05) is 26.0 Å². The van der Waals surface area contributed by atoms with E-state index >= 15 is 0 Å². The molecule has 2 aromatic carbocycles. The van der Waals surface area contributed by atoms with Gasteiger partial charge in [-0.25, -0.2) is 4.79 Å². The van der Waals surface area contributed by atoms with Crippen molar-refractivity contribution in [3.8, 4) is 17.2 Å². The molecule has 4 heteroatoms. The first kappa shape index (κ1) is 16.0. The van der Waals surface area contributed by atoms with Crippen LogP contribution in [0, 0.1) is 0 Å². The van der Waals surface area contributed by atoms with Crippen LogP contribution in [0.3, 0.4) is 0 Å². The lowest BCUT2D eigenvalue weighted by molar-refractivity contribution is -0.0716. The molecule has 2 aliphatic rings. The predicted molar refractivity (Wildman–Crippen MR) is 94.4 cm³/mol. The lowest BCUT2D eigenvalue weighted by atomic mass is 10.0. The summed E-state index contributed by atoms with van der Waals surface area (Å²) in [5.74, 6) is 1.41. The molecule has 4 rings (SSSR count). The normalized spacial score (nSPS) is 17.2. The highest BCUT2D eigenvalue weighted by atomic mass is 16.7. The Morgan fingerprint density at radius 2 is 1.68 bits per heavy atom. The van der Waals surface area contributed by atoms with Crippen molar-refractivity contribution in [3.63, 3.8) is 0 Å². The quantitative estimate of drug-likeness (QED) is 0.579. The van der Waals surface area contributed by atoms with Crippen LogP contribution < -0.4 is 14.2 Å². The number of carbonyl (C=O) groups is 1. The molecule has 0 bridgehead atoms. The second kappa shape index (κ2) is 6.10. The van der Waals surface area contributed by atoms with Crippen molar-refractivity contribution in [2.45, 2.75) is 51.2 Å². The molecule has 0 aromatic heterocycles. The Labute approximate surface area is 147 Å². The van der Waals surface area contributed by atoms with E-state index in [1.54, 1.807) is 24.3 Å². The Balaban J connectivity index is 1.48. The van der Waals surface area contributed by atoms with Gasteiger partial charge in [0.05, 0.1) is 5.56 Å². The maximum Gasteiger partial charge on any atom is 0.343 e. The van der Waals surface area contributed by atoms with Crippen molar-refractivity contribution < 1.29 is 19.0 Å². The van der Waals surface area contributed by atoms with Gasteiger partial charge in [-0.2, -0.15) is 0 Å². The van der Waals surface area contributed by atoms with Crippen molar-refractivity contribution >= 4 is 5.97 Å². The van der Waals surface area contributed by atoms with E-state index in [0.717, 1.165) is 31.4 Å². The molecule has 0 saturated heterocycles. The standard InChI is InChI=1S/C21H22O4/c1-14(2)15-5-7-16(8-6-15)20(22)23-17-9-10-18-19(13-17)25-21(24-18)11-3-4-12-21/h5-10,13-14H,3-4,11-12H2,1-2H3. The summed E-state index contributed by atoms with van der Waals surface area (Å²) in [4.78, 5) is 12.4. The van der Waals surface area contributed by atoms with E-state index in [1.165, 1.54) is 5.56 Å². The number of fused-ring (bicyclic) bond motifs is 1. The minimum absolute atomic E-state index is 0.371. The van der Waals surface area contributed by atoms with E-state index in [1.807, 2.05) is 18.2 Å². The monoisotopic (exact) mass is 338 g/mol. The highest BCUT2D eigenvalue weighted by molar-refractivity contribution is 5.91. The molecule has 1 saturated carbocycles. The van der Waals surface area contributed by atoms with Crippen LogP contribution in [0.4, 0.5) is 0 Å². The van der Waals surface area contributed by atoms with Gasteiger partial charge in [-0.15, -0.1) is 0 Å². The maximum atomic E-state index is 12.4. The minimum atomic E-state index is -0.502. The van der Waals surface area contributed by atoms with Crippen molar-refractivity contribution in [2.24, 2.45) is 0 Å². The van der Waals surface area contributed by atoms with Gasteiger partial charge in [-0.05, 0) is 48.6 Å². The number of hydrogen-bond acceptors (Lipinski definition) is 4. The smallest absolute Gasteiger partial charge is 0.343 e. The molecule has 0 N–H and O–H groups in total. The predicted octanol–water partition coefficient (Wildman–Crippen LogP) is 5.07. The fourth-order valence-electron chi connectivity index (χ4n) is 3.43. The van der Waals surface area contributed by atoms with Gasteiger partial charge in [0.25, 0.3) is 5.79 Å². The second-order valence-electron chi connectivity index (χ2n) is 7.10. The summed E-state index contributed by atoms with van der Waals surface area (Å²) >= 11 is 0. The van der Waals surface area contributed by atoms with Crippen molar-refractivity contribution in [1.82, 2.24) is 0 Å². The summed E-state index contributed by atoms with van der Waals surface area (Å²) < 4.78 is 17.5. The van der Waals surface area contributed by atoms with Crippen LogP contribution in [0.15, 0.2) is 42.5 Å². The molecule has 130 valence electrons. The van der Waals surface area contributed by atoms with Crippen LogP contribution in [0.1, 0.15) is 61.4 Å². The molecule has 25 heavy (non-hydrogen) atoms. The topological polar surface area (TPSA) is 44.8 Å². The van der Waals surface area contributed by atoms with Crippen LogP contribution in [-0.4, -0.2) is 11.8 Å². The SMILES string of the molecule is CC(C)c1ccc(C(=O)Oc2ccc3c(c2)OC2(CCCC2)O3)cc1. The van der Waals surface area contributed by atoms with Gasteiger partial charge < -0.3 is 14.2 Å². The third-order valence-electron chi connectivity index (χ3n) is 4.90. The number of benzene rings is 2. The molecule has 0 atom stereocenters. The van der Waals surface area contributed by atoms with Crippen LogP contribution in [-0.2, 0) is 0 Å². The molecule has 1 fully saturated rings. The molecule has 1 heterocycles. The van der Waals surface area contributed by atoms with E-state index in [4.69, 9.17) is 14.2 Å². The van der Waals surface area contributed by atoms with E-state index < -0.39 is 5.79 Å². The Hall–Kier alpha value is -2.49. The Bertz CT molecular complexity index is 786. The van der Waals surface area contributed by atoms with Crippen LogP contribution in [0.5, 0.6) is 17.2 Å². The van der Waals surface area contributed by atoms with Crippen LogP contribution >= 0.6 is 0 Å². The van der Waals surface area contributed by atoms with Crippen molar-refractivity contribution in [3.05, 3.63) is 53.6 Å². The fraction of sp³-hybridized carbons (Fsp3) is 0.381. The van der Waals surface area contributed by atoms with E-state index in [0.29, 0.717) is 23.0 Å². The number of rotatable bonds is 3. The first-order chi connectivity index (χ1) is 12.0. The Kier molecular flexibility index (Phi) is 3.91. The van der Waals surface area contributed by atoms with Crippen LogP contribution in [0.2, 0.25) is 0 Å². The lowest BCUT2D eigenvalue weighted by Crippen LogP contribution is -2.34. The maximum absolute atomic E-state index is 12.4. The molecule has 4 nitrogen and oxygen atoms in total. The van der Waals surface area contributed by atoms with Gasteiger partial charge >= 0.3 is 5.97 Å². The molecule has 1 aliphatic heterocycles. The molecule has 2 aromatic rings. The highest BCUT2D eigenvalue weighted by Crippen LogP contribution is 2.47. The number of carbonyl (C=O) groups excluding carboxylic acids is 1. The van der Waals surface area contributed by atoms with E-state index in [-0.39, 0.29) is 5.97 Å². The van der Waals surface area contributed by atoms with Gasteiger partial charge in [0.2, 0.25) is 0 Å². The van der Waals surface area contributed by atoms with Gasteiger partial charge in [-0.3, -0.25) is 0 Å². The zero-order valence-corrected chi connectivity index (χ0v) is 14.6. The third kappa shape index (κ3) is 3.09. The molecule has 1 spiro atoms. The van der Waals surface area contributed by atoms with E-state index in [2.05, 4.69) is 13.8 Å². The van der Waals surface area contributed by atoms with Crippen molar-refractivity contribution in [2.75, 3.05) is 0 Å². The minimum Gasteiger partial charge on any atom is -0.448 e. The molecular formula is C21H22O4. The Morgan fingerprint density at radius 3 is 2.36 bits per heavy atom. The number of ether oxygens (including phenoxy) is 3. The first-order valence-electron chi connectivity index (χ1n) is 8.89. The molecular weight excluding hydrogens is 316 g/mol. The fourth-order valence-corrected chi connectivity index (χ4v) is 3.43. The molecule has 0 unspecified atom stereocenters. The molecule has 0 radical (unpaired) electrons. The third-order valence-corrected chi connectivity index (χ3v) is 4.90. The van der Waals surface area contributed by atoms with Gasteiger partial charge in [0.1, 0.15) is 5.75 Å². The summed E-state index contributed by atoms with van der Waals surface area (Å²) in [6, 6.07) is 12.8. The first-order valence-corrected chi connectivity index (χ1v) is 8.89. The summed E-state index contributed by atoms with van der Waals surface area (Å²) in [6.07, 6.45) is 4.03. The highest BCUT2D eigenvalue weighted by Gasteiger charge is 2.44.